The Morgan fingerprint density at radius 3 is 2.69 bits per heavy atom. The highest BCUT2D eigenvalue weighted by molar-refractivity contribution is 6.10. The van der Waals surface area contributed by atoms with E-state index in [9.17, 15) is 4.79 Å². The summed E-state index contributed by atoms with van der Waals surface area (Å²) in [5, 5.41) is 7.48. The normalized spacial score (nSPS) is 11.4. The van der Waals surface area contributed by atoms with Crippen LogP contribution in [-0.4, -0.2) is 40.4 Å². The Bertz CT molecular complexity index is 1290. The maximum absolute atomic E-state index is 13.0. The first-order valence-electron chi connectivity index (χ1n) is 10.7. The van der Waals surface area contributed by atoms with Crippen LogP contribution in [0.5, 0.6) is 5.75 Å². The Balaban J connectivity index is 1.80. The number of carbonyl (C=O) groups excluding carboxylic acids is 1. The smallest absolute Gasteiger partial charge is 0.257 e. The van der Waals surface area contributed by atoms with Gasteiger partial charge in [-0.25, -0.2) is 9.97 Å². The first kappa shape index (κ1) is 21.3. The molecule has 0 spiro atoms. The number of para-hydroxylation sites is 2. The van der Waals surface area contributed by atoms with E-state index in [-0.39, 0.29) is 17.3 Å². The number of unbranched alkanes of at least 4 members (excludes halogenated alkanes) is 2. The fraction of sp³-hybridized carbons (Fsp3) is 0.250. The largest absolute Gasteiger partial charge is 0.497 e. The van der Waals surface area contributed by atoms with Gasteiger partial charge in [-0.05, 0) is 36.2 Å². The summed E-state index contributed by atoms with van der Waals surface area (Å²) in [4.78, 5) is 22.4. The Morgan fingerprint density at radius 1 is 1.16 bits per heavy atom. The zero-order chi connectivity index (χ0) is 22.5. The fourth-order valence-corrected chi connectivity index (χ4v) is 3.50. The molecule has 0 aliphatic carbocycles. The number of anilines is 1. The SMILES string of the molecule is CCCCCNC(=O)c1c(N)n(/N=C\c2cccc(OC)c2)c2nc3ccccc3nc12. The molecule has 4 aromatic rings. The number of rotatable bonds is 8. The van der Waals surface area contributed by atoms with E-state index in [4.69, 9.17) is 15.5 Å². The molecule has 32 heavy (non-hydrogen) atoms. The quantitative estimate of drug-likeness (QED) is 0.325. The van der Waals surface area contributed by atoms with E-state index in [1.807, 2.05) is 48.5 Å². The first-order valence-corrected chi connectivity index (χ1v) is 10.7. The van der Waals surface area contributed by atoms with Crippen molar-refractivity contribution >= 4 is 40.1 Å². The van der Waals surface area contributed by atoms with Crippen LogP contribution in [-0.2, 0) is 0 Å². The number of amides is 1. The molecule has 8 heteroatoms. The van der Waals surface area contributed by atoms with E-state index >= 15 is 0 Å². The van der Waals surface area contributed by atoms with Crippen LogP contribution in [0.3, 0.4) is 0 Å². The molecular weight excluding hydrogens is 404 g/mol. The highest BCUT2D eigenvalue weighted by Crippen LogP contribution is 2.28. The summed E-state index contributed by atoms with van der Waals surface area (Å²) in [6, 6.07) is 15.0. The van der Waals surface area contributed by atoms with Gasteiger partial charge in [-0.1, -0.05) is 44.0 Å². The van der Waals surface area contributed by atoms with Gasteiger partial charge < -0.3 is 15.8 Å². The number of hydrogen-bond acceptors (Lipinski definition) is 6. The van der Waals surface area contributed by atoms with Gasteiger partial charge in [0.1, 0.15) is 22.6 Å². The molecule has 1 amide bonds. The molecule has 3 N–H and O–H groups in total. The summed E-state index contributed by atoms with van der Waals surface area (Å²) in [5.41, 5.74) is 9.77. The molecule has 0 fully saturated rings. The van der Waals surface area contributed by atoms with Crippen LogP contribution in [0.4, 0.5) is 5.82 Å². The van der Waals surface area contributed by atoms with Gasteiger partial charge >= 0.3 is 0 Å². The lowest BCUT2D eigenvalue weighted by atomic mass is 10.2. The maximum atomic E-state index is 13.0. The van der Waals surface area contributed by atoms with E-state index in [0.29, 0.717) is 28.7 Å². The van der Waals surface area contributed by atoms with Crippen molar-refractivity contribution in [2.75, 3.05) is 19.4 Å². The Labute approximate surface area is 186 Å². The van der Waals surface area contributed by atoms with Crippen molar-refractivity contribution in [1.29, 1.82) is 0 Å². The van der Waals surface area contributed by atoms with Crippen LogP contribution in [0.1, 0.15) is 42.1 Å². The number of methoxy groups -OCH3 is 1. The molecule has 0 radical (unpaired) electrons. The Kier molecular flexibility index (Phi) is 6.30. The number of benzene rings is 2. The molecule has 0 atom stereocenters. The molecule has 0 saturated carbocycles. The van der Waals surface area contributed by atoms with Gasteiger partial charge in [0.15, 0.2) is 5.65 Å². The number of nitrogens with one attached hydrogen (secondary N) is 1. The second-order valence-corrected chi connectivity index (χ2v) is 7.44. The fourth-order valence-electron chi connectivity index (χ4n) is 3.50. The van der Waals surface area contributed by atoms with Gasteiger partial charge in [0.25, 0.3) is 5.91 Å². The molecule has 2 aromatic carbocycles. The zero-order valence-corrected chi connectivity index (χ0v) is 18.2. The van der Waals surface area contributed by atoms with Crippen molar-refractivity contribution < 1.29 is 9.53 Å². The number of ether oxygens (including phenoxy) is 1. The van der Waals surface area contributed by atoms with Crippen LogP contribution in [0.15, 0.2) is 53.6 Å². The molecule has 0 bridgehead atoms. The zero-order valence-electron chi connectivity index (χ0n) is 18.2. The molecule has 0 aliphatic heterocycles. The van der Waals surface area contributed by atoms with Crippen LogP contribution in [0.2, 0.25) is 0 Å². The number of aromatic nitrogens is 3. The standard InChI is InChI=1S/C24H26N6O2/c1-3-4-7-13-26-24(31)20-21-23(29-19-12-6-5-11-18(19)28-21)30(22(20)25)27-15-16-9-8-10-17(14-16)32-2/h5-6,8-12,14-15H,3-4,7,13,25H2,1-2H3,(H,26,31)/b27-15-. The Morgan fingerprint density at radius 2 is 1.94 bits per heavy atom. The number of hydrogen-bond donors (Lipinski definition) is 2. The first-order chi connectivity index (χ1) is 15.6. The van der Waals surface area contributed by atoms with Crippen molar-refractivity contribution in [2.24, 2.45) is 5.10 Å². The number of nitrogen functional groups attached to an aromatic ring is 1. The predicted molar refractivity (Wildman–Crippen MR) is 127 cm³/mol. The summed E-state index contributed by atoms with van der Waals surface area (Å²) in [6.07, 6.45) is 4.68. The van der Waals surface area contributed by atoms with Crippen LogP contribution in [0, 0.1) is 0 Å². The average Bonchev–Trinajstić information content (AvgIpc) is 3.09. The Hall–Kier alpha value is -3.94. The molecule has 164 valence electrons. The van der Waals surface area contributed by atoms with Gasteiger partial charge in [-0.3, -0.25) is 4.79 Å². The van der Waals surface area contributed by atoms with Gasteiger partial charge in [-0.2, -0.15) is 9.78 Å². The number of nitrogens with zero attached hydrogens (tertiary/aromatic N) is 4. The molecule has 4 rings (SSSR count). The van der Waals surface area contributed by atoms with Gasteiger partial charge in [0, 0.05) is 6.54 Å². The average molecular weight is 431 g/mol. The molecule has 0 saturated heterocycles. The van der Waals surface area contributed by atoms with Crippen molar-refractivity contribution in [3.63, 3.8) is 0 Å². The lowest BCUT2D eigenvalue weighted by molar-refractivity contribution is 0.0955. The molecular formula is C24H26N6O2. The van der Waals surface area contributed by atoms with Crippen LogP contribution < -0.4 is 15.8 Å². The van der Waals surface area contributed by atoms with Crippen molar-refractivity contribution in [3.8, 4) is 5.75 Å². The van der Waals surface area contributed by atoms with E-state index in [0.717, 1.165) is 30.6 Å². The van der Waals surface area contributed by atoms with Crippen LogP contribution >= 0.6 is 0 Å². The van der Waals surface area contributed by atoms with Gasteiger partial charge in [0.05, 0.1) is 24.4 Å². The molecule has 2 aromatic heterocycles. The van der Waals surface area contributed by atoms with Crippen molar-refractivity contribution in [3.05, 3.63) is 59.7 Å². The minimum Gasteiger partial charge on any atom is -0.497 e. The monoisotopic (exact) mass is 430 g/mol. The van der Waals surface area contributed by atoms with E-state index < -0.39 is 0 Å². The number of carbonyl (C=O) groups is 1. The van der Waals surface area contributed by atoms with E-state index in [1.165, 1.54) is 4.68 Å². The summed E-state index contributed by atoms with van der Waals surface area (Å²) >= 11 is 0. The summed E-state index contributed by atoms with van der Waals surface area (Å²) in [5.74, 6) is 0.642. The molecule has 2 heterocycles. The molecule has 0 aliphatic rings. The summed E-state index contributed by atoms with van der Waals surface area (Å²) in [6.45, 7) is 2.70. The van der Waals surface area contributed by atoms with Crippen molar-refractivity contribution in [2.45, 2.75) is 26.2 Å². The topological polar surface area (TPSA) is 107 Å². The maximum Gasteiger partial charge on any atom is 0.257 e. The van der Waals surface area contributed by atoms with Gasteiger partial charge in [0.2, 0.25) is 0 Å². The lowest BCUT2D eigenvalue weighted by Crippen LogP contribution is -2.25. The molecule has 0 unspecified atom stereocenters. The number of fused-ring (bicyclic) bond motifs is 2. The summed E-state index contributed by atoms with van der Waals surface area (Å²) < 4.78 is 6.74. The van der Waals surface area contributed by atoms with E-state index in [1.54, 1.807) is 13.3 Å². The highest BCUT2D eigenvalue weighted by atomic mass is 16.5. The third-order valence-corrected chi connectivity index (χ3v) is 5.18. The second-order valence-electron chi connectivity index (χ2n) is 7.44. The lowest BCUT2D eigenvalue weighted by Gasteiger charge is -2.05. The predicted octanol–water partition coefficient (Wildman–Crippen LogP) is 3.98. The summed E-state index contributed by atoms with van der Waals surface area (Å²) in [7, 11) is 1.61. The minimum absolute atomic E-state index is 0.197. The number of nitrogens with two attached hydrogens (primary N) is 1. The molecule has 8 nitrogen and oxygen atoms in total. The van der Waals surface area contributed by atoms with Gasteiger partial charge in [-0.15, -0.1) is 0 Å². The van der Waals surface area contributed by atoms with Crippen LogP contribution in [0.25, 0.3) is 22.2 Å². The highest BCUT2D eigenvalue weighted by Gasteiger charge is 2.23. The minimum atomic E-state index is -0.275. The third-order valence-electron chi connectivity index (χ3n) is 5.18. The van der Waals surface area contributed by atoms with E-state index in [2.05, 4.69) is 22.3 Å². The second kappa shape index (κ2) is 9.47. The van der Waals surface area contributed by atoms with Crippen molar-refractivity contribution in [1.82, 2.24) is 20.0 Å². The third kappa shape index (κ3) is 4.25.